The molecule has 0 aliphatic carbocycles. The molecule has 0 bridgehead atoms. The van der Waals surface area contributed by atoms with Gasteiger partial charge in [-0.3, -0.25) is 4.79 Å². The van der Waals surface area contributed by atoms with Crippen molar-refractivity contribution in [3.05, 3.63) is 66.1 Å². The van der Waals surface area contributed by atoms with E-state index >= 15 is 0 Å². The number of amides is 1. The number of hydrogen-bond acceptors (Lipinski definition) is 5. The van der Waals surface area contributed by atoms with E-state index in [-0.39, 0.29) is 5.91 Å². The Kier molecular flexibility index (Phi) is 4.56. The van der Waals surface area contributed by atoms with Crippen molar-refractivity contribution in [1.82, 2.24) is 15.5 Å². The van der Waals surface area contributed by atoms with Gasteiger partial charge in [0.2, 0.25) is 11.7 Å². The normalized spacial score (nSPS) is 11.8. The van der Waals surface area contributed by atoms with Crippen LogP contribution in [0.25, 0.3) is 11.4 Å². The van der Waals surface area contributed by atoms with Crippen LogP contribution in [0.3, 0.4) is 0 Å². The van der Waals surface area contributed by atoms with Crippen LogP contribution in [0, 0.1) is 0 Å². The fourth-order valence-corrected chi connectivity index (χ4v) is 2.20. The predicted octanol–water partition coefficient (Wildman–Crippen LogP) is 3.24. The average molecular weight is 323 g/mol. The number of nitrogens with one attached hydrogen (secondary N) is 1. The lowest BCUT2D eigenvalue weighted by atomic mass is 10.2. The highest BCUT2D eigenvalue weighted by Crippen LogP contribution is 2.19. The standard InChI is InChI=1S/C18H17N3O3/c1-12(19-17(22)14-8-10-15(23-2)11-9-14)18-20-16(21-24-18)13-6-4-3-5-7-13/h3-12H,1-2H3,(H,19,22)/t12-/m1/s1. The zero-order chi connectivity index (χ0) is 16.9. The van der Waals surface area contributed by atoms with Gasteiger partial charge in [0, 0.05) is 11.1 Å². The molecule has 0 radical (unpaired) electrons. The van der Waals surface area contributed by atoms with Gasteiger partial charge in [-0.05, 0) is 31.2 Å². The van der Waals surface area contributed by atoms with Gasteiger partial charge in [-0.25, -0.2) is 0 Å². The maximum absolute atomic E-state index is 12.3. The highest BCUT2D eigenvalue weighted by molar-refractivity contribution is 5.94. The van der Waals surface area contributed by atoms with E-state index in [1.165, 1.54) is 0 Å². The highest BCUT2D eigenvalue weighted by Gasteiger charge is 2.18. The summed E-state index contributed by atoms with van der Waals surface area (Å²) >= 11 is 0. The third kappa shape index (κ3) is 3.43. The fraction of sp³-hybridized carbons (Fsp3) is 0.167. The van der Waals surface area contributed by atoms with Crippen LogP contribution in [0.4, 0.5) is 0 Å². The van der Waals surface area contributed by atoms with Crippen molar-refractivity contribution in [1.29, 1.82) is 0 Å². The number of carbonyl (C=O) groups excluding carboxylic acids is 1. The Bertz CT molecular complexity index is 813. The number of methoxy groups -OCH3 is 1. The molecule has 0 spiro atoms. The molecule has 3 aromatic rings. The van der Waals surface area contributed by atoms with E-state index in [0.29, 0.717) is 23.0 Å². The van der Waals surface area contributed by atoms with Gasteiger partial charge in [0.05, 0.1) is 7.11 Å². The smallest absolute Gasteiger partial charge is 0.251 e. The molecule has 3 rings (SSSR count). The molecule has 1 heterocycles. The van der Waals surface area contributed by atoms with E-state index in [4.69, 9.17) is 9.26 Å². The second kappa shape index (κ2) is 6.95. The molecule has 6 nitrogen and oxygen atoms in total. The number of benzene rings is 2. The van der Waals surface area contributed by atoms with Gasteiger partial charge in [0.1, 0.15) is 11.8 Å². The topological polar surface area (TPSA) is 77.2 Å². The highest BCUT2D eigenvalue weighted by atomic mass is 16.5. The van der Waals surface area contributed by atoms with Crippen molar-refractivity contribution in [2.24, 2.45) is 0 Å². The monoisotopic (exact) mass is 323 g/mol. The molecule has 6 heteroatoms. The average Bonchev–Trinajstić information content (AvgIpc) is 3.13. The minimum atomic E-state index is -0.399. The predicted molar refractivity (Wildman–Crippen MR) is 88.6 cm³/mol. The molecule has 0 unspecified atom stereocenters. The second-order valence-corrected chi connectivity index (χ2v) is 5.25. The molecular weight excluding hydrogens is 306 g/mol. The Morgan fingerprint density at radius 3 is 2.50 bits per heavy atom. The van der Waals surface area contributed by atoms with Crippen molar-refractivity contribution in [2.75, 3.05) is 7.11 Å². The Morgan fingerprint density at radius 2 is 1.83 bits per heavy atom. The molecule has 1 atom stereocenters. The lowest BCUT2D eigenvalue weighted by Crippen LogP contribution is -2.26. The number of aromatic nitrogens is 2. The summed E-state index contributed by atoms with van der Waals surface area (Å²) in [5.74, 6) is 1.33. The molecule has 0 saturated carbocycles. The van der Waals surface area contributed by atoms with Gasteiger partial charge in [0.15, 0.2) is 0 Å². The Morgan fingerprint density at radius 1 is 1.12 bits per heavy atom. The van der Waals surface area contributed by atoms with Crippen LogP contribution < -0.4 is 10.1 Å². The summed E-state index contributed by atoms with van der Waals surface area (Å²) in [5.41, 5.74) is 1.40. The molecule has 0 aliphatic rings. The molecule has 1 amide bonds. The van der Waals surface area contributed by atoms with Gasteiger partial charge < -0.3 is 14.6 Å². The van der Waals surface area contributed by atoms with Crippen molar-refractivity contribution in [3.8, 4) is 17.1 Å². The minimum absolute atomic E-state index is 0.218. The molecule has 122 valence electrons. The van der Waals surface area contributed by atoms with Crippen LogP contribution in [0.2, 0.25) is 0 Å². The quantitative estimate of drug-likeness (QED) is 0.780. The van der Waals surface area contributed by atoms with Crippen LogP contribution in [0.15, 0.2) is 59.1 Å². The first-order valence-electron chi connectivity index (χ1n) is 7.51. The van der Waals surface area contributed by atoms with Crippen molar-refractivity contribution in [2.45, 2.75) is 13.0 Å². The molecule has 1 N–H and O–H groups in total. The summed E-state index contributed by atoms with van der Waals surface area (Å²) in [7, 11) is 1.58. The summed E-state index contributed by atoms with van der Waals surface area (Å²) in [4.78, 5) is 16.6. The first-order valence-corrected chi connectivity index (χ1v) is 7.51. The second-order valence-electron chi connectivity index (χ2n) is 5.25. The van der Waals surface area contributed by atoms with Gasteiger partial charge in [0.25, 0.3) is 5.91 Å². The van der Waals surface area contributed by atoms with E-state index in [9.17, 15) is 4.79 Å². The minimum Gasteiger partial charge on any atom is -0.497 e. The molecule has 0 fully saturated rings. The molecule has 1 aromatic heterocycles. The zero-order valence-corrected chi connectivity index (χ0v) is 13.4. The van der Waals surface area contributed by atoms with Crippen LogP contribution >= 0.6 is 0 Å². The first kappa shape index (κ1) is 15.7. The molecule has 2 aromatic carbocycles. The zero-order valence-electron chi connectivity index (χ0n) is 13.4. The van der Waals surface area contributed by atoms with Gasteiger partial charge in [-0.1, -0.05) is 35.5 Å². The number of nitrogens with zero attached hydrogens (tertiary/aromatic N) is 2. The lowest BCUT2D eigenvalue weighted by Gasteiger charge is -2.10. The SMILES string of the molecule is COc1ccc(C(=O)N[C@H](C)c2nc(-c3ccccc3)no2)cc1. The third-order valence-electron chi connectivity index (χ3n) is 3.54. The maximum atomic E-state index is 12.3. The van der Waals surface area contributed by atoms with E-state index in [2.05, 4.69) is 15.5 Å². The summed E-state index contributed by atoms with van der Waals surface area (Å²) in [6.45, 7) is 1.80. The first-order chi connectivity index (χ1) is 11.7. The lowest BCUT2D eigenvalue weighted by molar-refractivity contribution is 0.0932. The summed E-state index contributed by atoms with van der Waals surface area (Å²) < 4.78 is 10.3. The Labute approximate surface area is 139 Å². The molecule has 0 aliphatic heterocycles. The van der Waals surface area contributed by atoms with E-state index < -0.39 is 6.04 Å². The van der Waals surface area contributed by atoms with E-state index in [1.54, 1.807) is 38.3 Å². The van der Waals surface area contributed by atoms with Crippen molar-refractivity contribution < 1.29 is 14.1 Å². The summed E-state index contributed by atoms with van der Waals surface area (Å²) in [6, 6.07) is 16.0. The molecule has 0 saturated heterocycles. The van der Waals surface area contributed by atoms with E-state index in [1.807, 2.05) is 30.3 Å². The van der Waals surface area contributed by atoms with E-state index in [0.717, 1.165) is 5.56 Å². The Hall–Kier alpha value is -3.15. The molecular formula is C18H17N3O3. The number of rotatable bonds is 5. The van der Waals surface area contributed by atoms with Gasteiger partial charge in [-0.15, -0.1) is 0 Å². The third-order valence-corrected chi connectivity index (χ3v) is 3.54. The van der Waals surface area contributed by atoms with Crippen LogP contribution in [-0.4, -0.2) is 23.2 Å². The van der Waals surface area contributed by atoms with Crippen LogP contribution in [0.5, 0.6) is 5.75 Å². The Balaban J connectivity index is 1.69. The van der Waals surface area contributed by atoms with Crippen LogP contribution in [0.1, 0.15) is 29.2 Å². The largest absolute Gasteiger partial charge is 0.497 e. The number of ether oxygens (including phenoxy) is 1. The summed E-state index contributed by atoms with van der Waals surface area (Å²) in [5, 5.41) is 6.80. The molecule has 24 heavy (non-hydrogen) atoms. The van der Waals surface area contributed by atoms with Crippen LogP contribution in [-0.2, 0) is 0 Å². The van der Waals surface area contributed by atoms with Gasteiger partial charge >= 0.3 is 0 Å². The van der Waals surface area contributed by atoms with Crippen molar-refractivity contribution >= 4 is 5.91 Å². The maximum Gasteiger partial charge on any atom is 0.251 e. The number of carbonyl (C=O) groups is 1. The summed E-state index contributed by atoms with van der Waals surface area (Å²) in [6.07, 6.45) is 0. The van der Waals surface area contributed by atoms with Gasteiger partial charge in [-0.2, -0.15) is 4.98 Å². The number of hydrogen-bond donors (Lipinski definition) is 1. The fourth-order valence-electron chi connectivity index (χ4n) is 2.20. The van der Waals surface area contributed by atoms with Crippen molar-refractivity contribution in [3.63, 3.8) is 0 Å².